The SMILES string of the molecule is CCCc1c(Cl)[nH]c(=O)n(CCn2ccnn2)c1=O. The number of hydrogen-bond acceptors (Lipinski definition) is 4. The van der Waals surface area contributed by atoms with Gasteiger partial charge in [-0.15, -0.1) is 5.10 Å². The Morgan fingerprint density at radius 3 is 2.79 bits per heavy atom. The van der Waals surface area contributed by atoms with Crippen LogP contribution in [0.3, 0.4) is 0 Å². The van der Waals surface area contributed by atoms with Gasteiger partial charge in [-0.25, -0.2) is 4.79 Å². The van der Waals surface area contributed by atoms with Crippen molar-refractivity contribution >= 4 is 11.6 Å². The number of nitrogens with one attached hydrogen (secondary N) is 1. The average Bonchev–Trinajstić information content (AvgIpc) is 2.87. The zero-order valence-electron chi connectivity index (χ0n) is 10.5. The van der Waals surface area contributed by atoms with Gasteiger partial charge in [-0.3, -0.25) is 19.0 Å². The number of H-pyrrole nitrogens is 1. The first-order chi connectivity index (χ1) is 9.13. The van der Waals surface area contributed by atoms with Crippen LogP contribution in [-0.2, 0) is 19.5 Å². The second-order valence-electron chi connectivity index (χ2n) is 4.10. The molecule has 2 aromatic heterocycles. The lowest BCUT2D eigenvalue weighted by molar-refractivity contribution is 0.494. The number of halogens is 1. The molecule has 1 N–H and O–H groups in total. The van der Waals surface area contributed by atoms with Crippen LogP contribution in [0.5, 0.6) is 0 Å². The second kappa shape index (κ2) is 5.83. The molecule has 0 saturated carbocycles. The maximum absolute atomic E-state index is 12.2. The molecule has 7 nitrogen and oxygen atoms in total. The highest BCUT2D eigenvalue weighted by Crippen LogP contribution is 2.07. The molecule has 0 radical (unpaired) electrons. The second-order valence-corrected chi connectivity index (χ2v) is 4.47. The van der Waals surface area contributed by atoms with E-state index >= 15 is 0 Å². The van der Waals surface area contributed by atoms with E-state index in [4.69, 9.17) is 11.6 Å². The minimum Gasteiger partial charge on any atom is -0.297 e. The Morgan fingerprint density at radius 2 is 2.16 bits per heavy atom. The molecule has 0 aliphatic heterocycles. The highest BCUT2D eigenvalue weighted by Gasteiger charge is 2.11. The van der Waals surface area contributed by atoms with Crippen molar-refractivity contribution in [2.75, 3.05) is 0 Å². The summed E-state index contributed by atoms with van der Waals surface area (Å²) in [4.78, 5) is 26.4. The molecule has 2 rings (SSSR count). The minimum absolute atomic E-state index is 0.133. The first-order valence-corrected chi connectivity index (χ1v) is 6.37. The summed E-state index contributed by atoms with van der Waals surface area (Å²) in [6.07, 6.45) is 4.53. The fraction of sp³-hybridized carbons (Fsp3) is 0.455. The van der Waals surface area contributed by atoms with Crippen LogP contribution < -0.4 is 11.2 Å². The predicted octanol–water partition coefficient (Wildman–Crippen LogP) is 0.434. The van der Waals surface area contributed by atoms with Crippen molar-refractivity contribution in [3.05, 3.63) is 43.9 Å². The van der Waals surface area contributed by atoms with Gasteiger partial charge in [0.15, 0.2) is 0 Å². The minimum atomic E-state index is -0.505. The third-order valence-electron chi connectivity index (χ3n) is 2.75. The van der Waals surface area contributed by atoms with E-state index < -0.39 is 5.69 Å². The summed E-state index contributed by atoms with van der Waals surface area (Å²) >= 11 is 5.89. The van der Waals surface area contributed by atoms with Gasteiger partial charge in [-0.05, 0) is 6.42 Å². The molecule has 0 atom stereocenters. The molecule has 0 aromatic carbocycles. The van der Waals surface area contributed by atoms with Gasteiger partial charge < -0.3 is 0 Å². The summed E-state index contributed by atoms with van der Waals surface area (Å²) in [6.45, 7) is 2.57. The Hall–Kier alpha value is -1.89. The van der Waals surface area contributed by atoms with Crippen molar-refractivity contribution in [1.82, 2.24) is 24.5 Å². The highest BCUT2D eigenvalue weighted by atomic mass is 35.5. The van der Waals surface area contributed by atoms with Crippen molar-refractivity contribution in [3.8, 4) is 0 Å². The summed E-state index contributed by atoms with van der Waals surface area (Å²) < 4.78 is 2.69. The van der Waals surface area contributed by atoms with Crippen molar-refractivity contribution in [2.24, 2.45) is 0 Å². The molecule has 0 aliphatic carbocycles. The van der Waals surface area contributed by atoms with Gasteiger partial charge in [0.05, 0.1) is 24.8 Å². The Balaban J connectivity index is 2.32. The number of aromatic amines is 1. The third kappa shape index (κ3) is 2.93. The molecule has 0 bridgehead atoms. The molecule has 2 heterocycles. The Bertz CT molecular complexity index is 659. The van der Waals surface area contributed by atoms with E-state index in [1.54, 1.807) is 10.9 Å². The number of nitrogens with zero attached hydrogens (tertiary/aromatic N) is 4. The van der Waals surface area contributed by atoms with E-state index in [1.807, 2.05) is 6.92 Å². The lowest BCUT2D eigenvalue weighted by atomic mass is 10.2. The van der Waals surface area contributed by atoms with Crippen molar-refractivity contribution < 1.29 is 0 Å². The van der Waals surface area contributed by atoms with E-state index in [1.165, 1.54) is 6.20 Å². The molecular formula is C11H14ClN5O2. The van der Waals surface area contributed by atoms with Crippen LogP contribution in [0.2, 0.25) is 5.15 Å². The topological polar surface area (TPSA) is 85.6 Å². The van der Waals surface area contributed by atoms with Gasteiger partial charge >= 0.3 is 5.69 Å². The molecule has 0 fully saturated rings. The average molecular weight is 284 g/mol. The van der Waals surface area contributed by atoms with Gasteiger partial charge in [-0.1, -0.05) is 30.2 Å². The molecule has 8 heteroatoms. The summed E-state index contributed by atoms with van der Waals surface area (Å²) in [6, 6.07) is 0. The summed E-state index contributed by atoms with van der Waals surface area (Å²) in [5.74, 6) is 0. The zero-order valence-corrected chi connectivity index (χ0v) is 11.2. The number of aryl methyl sites for hydroxylation is 1. The van der Waals surface area contributed by atoms with Gasteiger partial charge in [0.2, 0.25) is 0 Å². The van der Waals surface area contributed by atoms with Gasteiger partial charge in [0.25, 0.3) is 5.56 Å². The number of aromatic nitrogens is 5. The monoisotopic (exact) mass is 283 g/mol. The number of hydrogen-bond donors (Lipinski definition) is 1. The number of rotatable bonds is 5. The molecule has 0 aliphatic rings. The standard InChI is InChI=1S/C11H14ClN5O2/c1-2-3-8-9(12)14-11(19)17(10(8)18)7-6-16-5-4-13-15-16/h4-5H,2-3,6-7H2,1H3,(H,14,19). The van der Waals surface area contributed by atoms with Crippen LogP contribution in [-0.4, -0.2) is 24.5 Å². The molecule has 19 heavy (non-hydrogen) atoms. The lowest BCUT2D eigenvalue weighted by Crippen LogP contribution is -2.38. The van der Waals surface area contributed by atoms with Crippen molar-refractivity contribution in [3.63, 3.8) is 0 Å². The Labute approximate surface area is 113 Å². The lowest BCUT2D eigenvalue weighted by Gasteiger charge is -2.08. The maximum atomic E-state index is 12.2. The quantitative estimate of drug-likeness (QED) is 0.807. The summed E-state index contributed by atoms with van der Waals surface area (Å²) in [5.41, 5.74) is -0.395. The third-order valence-corrected chi connectivity index (χ3v) is 3.08. The van der Waals surface area contributed by atoms with Crippen molar-refractivity contribution in [2.45, 2.75) is 32.9 Å². The van der Waals surface area contributed by atoms with Crippen LogP contribution in [0, 0.1) is 0 Å². The first-order valence-electron chi connectivity index (χ1n) is 5.99. The summed E-state index contributed by atoms with van der Waals surface area (Å²) in [5, 5.41) is 7.57. The largest absolute Gasteiger partial charge is 0.329 e. The predicted molar refractivity (Wildman–Crippen MR) is 70.3 cm³/mol. The fourth-order valence-electron chi connectivity index (χ4n) is 1.81. The van der Waals surface area contributed by atoms with E-state index in [2.05, 4.69) is 15.3 Å². The van der Waals surface area contributed by atoms with Crippen LogP contribution in [0.1, 0.15) is 18.9 Å². The summed E-state index contributed by atoms with van der Waals surface area (Å²) in [7, 11) is 0. The van der Waals surface area contributed by atoms with Gasteiger partial charge in [0, 0.05) is 6.20 Å². The fourth-order valence-corrected chi connectivity index (χ4v) is 2.07. The van der Waals surface area contributed by atoms with Crippen LogP contribution in [0.15, 0.2) is 22.0 Å². The molecular weight excluding hydrogens is 270 g/mol. The van der Waals surface area contributed by atoms with E-state index in [0.29, 0.717) is 18.5 Å². The van der Waals surface area contributed by atoms with Crippen LogP contribution >= 0.6 is 11.6 Å². The smallest absolute Gasteiger partial charge is 0.297 e. The first kappa shape index (κ1) is 13.5. The maximum Gasteiger partial charge on any atom is 0.329 e. The molecule has 102 valence electrons. The van der Waals surface area contributed by atoms with Crippen LogP contribution in [0.4, 0.5) is 0 Å². The molecule has 0 saturated heterocycles. The van der Waals surface area contributed by atoms with E-state index in [9.17, 15) is 9.59 Å². The Morgan fingerprint density at radius 1 is 1.37 bits per heavy atom. The Kier molecular flexibility index (Phi) is 4.16. The molecule has 0 spiro atoms. The normalized spacial score (nSPS) is 10.8. The molecule has 0 unspecified atom stereocenters. The van der Waals surface area contributed by atoms with Gasteiger partial charge in [0.1, 0.15) is 5.15 Å². The van der Waals surface area contributed by atoms with Crippen LogP contribution in [0.25, 0.3) is 0 Å². The van der Waals surface area contributed by atoms with E-state index in [-0.39, 0.29) is 17.3 Å². The zero-order chi connectivity index (χ0) is 13.8. The molecule has 2 aromatic rings. The van der Waals surface area contributed by atoms with Crippen molar-refractivity contribution in [1.29, 1.82) is 0 Å². The highest BCUT2D eigenvalue weighted by molar-refractivity contribution is 6.30. The van der Waals surface area contributed by atoms with Gasteiger partial charge in [-0.2, -0.15) is 0 Å². The molecule has 0 amide bonds. The van der Waals surface area contributed by atoms with E-state index in [0.717, 1.165) is 11.0 Å².